The lowest BCUT2D eigenvalue weighted by molar-refractivity contribution is -0.156. The number of esters is 1. The Morgan fingerprint density at radius 2 is 2.00 bits per heavy atom. The summed E-state index contributed by atoms with van der Waals surface area (Å²) in [7, 11) is 1.43. The van der Waals surface area contributed by atoms with Crippen LogP contribution in [-0.4, -0.2) is 18.0 Å². The van der Waals surface area contributed by atoms with Crippen molar-refractivity contribution in [1.82, 2.24) is 5.01 Å². The van der Waals surface area contributed by atoms with Gasteiger partial charge in [-0.2, -0.15) is 0 Å². The van der Waals surface area contributed by atoms with E-state index in [-0.39, 0.29) is 0 Å². The molecule has 0 aliphatic heterocycles. The van der Waals surface area contributed by atoms with Crippen LogP contribution in [0.15, 0.2) is 29.6 Å². The van der Waals surface area contributed by atoms with E-state index in [9.17, 15) is 9.70 Å². The Kier molecular flexibility index (Phi) is 4.25. The molecule has 0 fully saturated rings. The van der Waals surface area contributed by atoms with E-state index in [4.69, 9.17) is 16.3 Å². The molecule has 0 radical (unpaired) electrons. The average Bonchev–Trinajstić information content (AvgIpc) is 2.26. The standard InChI is InChI=1S/C10H11ClN2O3/c1-7(14)16-10(13(2)12-15)8-3-5-9(11)6-4-8/h3-6,10H,1-2H3. The van der Waals surface area contributed by atoms with Gasteiger partial charge in [0.05, 0.1) is 5.29 Å². The SMILES string of the molecule is CC(=O)OC(c1ccc(Cl)cc1)N(C)N=O. The third-order valence-electron chi connectivity index (χ3n) is 1.90. The van der Waals surface area contributed by atoms with Crippen molar-refractivity contribution in [3.63, 3.8) is 0 Å². The molecule has 0 saturated heterocycles. The summed E-state index contributed by atoms with van der Waals surface area (Å²) in [5.74, 6) is -0.490. The molecule has 1 rings (SSSR count). The maximum absolute atomic E-state index is 10.9. The van der Waals surface area contributed by atoms with Crippen LogP contribution in [0.2, 0.25) is 5.02 Å². The molecular formula is C10H11ClN2O3. The number of hydrogen-bond acceptors (Lipinski definition) is 4. The van der Waals surface area contributed by atoms with Crippen molar-refractivity contribution in [1.29, 1.82) is 0 Å². The first-order valence-electron chi connectivity index (χ1n) is 4.53. The topological polar surface area (TPSA) is 59.0 Å². The van der Waals surface area contributed by atoms with Crippen LogP contribution >= 0.6 is 11.6 Å². The molecule has 5 nitrogen and oxygen atoms in total. The van der Waals surface area contributed by atoms with E-state index < -0.39 is 12.2 Å². The van der Waals surface area contributed by atoms with Crippen molar-refractivity contribution >= 4 is 17.6 Å². The van der Waals surface area contributed by atoms with Crippen molar-refractivity contribution < 1.29 is 9.53 Å². The van der Waals surface area contributed by atoms with Crippen molar-refractivity contribution in [2.24, 2.45) is 5.29 Å². The summed E-state index contributed by atoms with van der Waals surface area (Å²) in [6.45, 7) is 1.27. The summed E-state index contributed by atoms with van der Waals surface area (Å²) in [5, 5.41) is 4.29. The Balaban J connectivity index is 2.95. The fraction of sp³-hybridized carbons (Fsp3) is 0.300. The number of hydrogen-bond donors (Lipinski definition) is 0. The number of carbonyl (C=O) groups is 1. The Labute approximate surface area is 97.9 Å². The molecular weight excluding hydrogens is 232 g/mol. The zero-order valence-corrected chi connectivity index (χ0v) is 9.64. The molecule has 0 spiro atoms. The van der Waals surface area contributed by atoms with Gasteiger partial charge in [0.15, 0.2) is 0 Å². The molecule has 1 unspecified atom stereocenters. The summed E-state index contributed by atoms with van der Waals surface area (Å²) in [6, 6.07) is 6.62. The number of rotatable bonds is 4. The molecule has 0 aromatic heterocycles. The molecule has 0 aliphatic rings. The monoisotopic (exact) mass is 242 g/mol. The van der Waals surface area contributed by atoms with Gasteiger partial charge in [0, 0.05) is 24.6 Å². The van der Waals surface area contributed by atoms with Gasteiger partial charge in [-0.05, 0) is 12.1 Å². The Bertz CT molecular complexity index is 380. The lowest BCUT2D eigenvalue weighted by Gasteiger charge is -2.22. The van der Waals surface area contributed by atoms with E-state index in [1.165, 1.54) is 14.0 Å². The highest BCUT2D eigenvalue weighted by atomic mass is 35.5. The van der Waals surface area contributed by atoms with Crippen LogP contribution in [0.25, 0.3) is 0 Å². The Morgan fingerprint density at radius 3 is 2.44 bits per heavy atom. The predicted molar refractivity (Wildman–Crippen MR) is 59.5 cm³/mol. The molecule has 0 bridgehead atoms. The number of nitroso groups, excluding NO2 is 1. The molecule has 1 aromatic rings. The van der Waals surface area contributed by atoms with Crippen molar-refractivity contribution in [3.8, 4) is 0 Å². The second kappa shape index (κ2) is 5.46. The van der Waals surface area contributed by atoms with E-state index in [0.29, 0.717) is 10.6 Å². The molecule has 0 N–H and O–H groups in total. The van der Waals surface area contributed by atoms with Crippen LogP contribution in [0.1, 0.15) is 18.7 Å². The quantitative estimate of drug-likeness (QED) is 0.352. The van der Waals surface area contributed by atoms with Gasteiger partial charge < -0.3 is 4.74 Å². The van der Waals surface area contributed by atoms with Crippen LogP contribution in [0.5, 0.6) is 0 Å². The van der Waals surface area contributed by atoms with Gasteiger partial charge in [-0.1, -0.05) is 23.7 Å². The fourth-order valence-electron chi connectivity index (χ4n) is 1.19. The summed E-state index contributed by atoms with van der Waals surface area (Å²) >= 11 is 5.73. The molecule has 1 aromatic carbocycles. The van der Waals surface area contributed by atoms with Gasteiger partial charge in [-0.15, -0.1) is 4.91 Å². The molecule has 0 aliphatic carbocycles. The predicted octanol–water partition coefficient (Wildman–Crippen LogP) is 2.51. The maximum Gasteiger partial charge on any atom is 0.304 e. The zero-order valence-electron chi connectivity index (χ0n) is 8.88. The van der Waals surface area contributed by atoms with Crippen LogP contribution in [0.3, 0.4) is 0 Å². The molecule has 0 heterocycles. The van der Waals surface area contributed by atoms with Crippen LogP contribution in [-0.2, 0) is 9.53 Å². The van der Waals surface area contributed by atoms with Crippen LogP contribution in [0.4, 0.5) is 0 Å². The fourth-order valence-corrected chi connectivity index (χ4v) is 1.31. The Hall–Kier alpha value is -1.62. The molecule has 86 valence electrons. The second-order valence-corrected chi connectivity index (χ2v) is 3.61. The minimum absolute atomic E-state index is 0.490. The summed E-state index contributed by atoms with van der Waals surface area (Å²) in [4.78, 5) is 21.3. The first kappa shape index (κ1) is 12.4. The lowest BCUT2D eigenvalue weighted by Crippen LogP contribution is -2.23. The number of nitrogens with zero attached hydrogens (tertiary/aromatic N) is 2. The number of benzene rings is 1. The highest BCUT2D eigenvalue weighted by Gasteiger charge is 2.19. The van der Waals surface area contributed by atoms with Crippen LogP contribution < -0.4 is 0 Å². The zero-order chi connectivity index (χ0) is 12.1. The summed E-state index contributed by atoms with van der Waals surface area (Å²) < 4.78 is 4.98. The molecule has 0 saturated carbocycles. The maximum atomic E-state index is 10.9. The van der Waals surface area contributed by atoms with Gasteiger partial charge in [-0.25, -0.2) is 5.01 Å². The highest BCUT2D eigenvalue weighted by Crippen LogP contribution is 2.22. The smallest absolute Gasteiger partial charge is 0.304 e. The van der Waals surface area contributed by atoms with E-state index >= 15 is 0 Å². The normalized spacial score (nSPS) is 11.7. The summed E-state index contributed by atoms with van der Waals surface area (Å²) in [5.41, 5.74) is 0.627. The summed E-state index contributed by atoms with van der Waals surface area (Å²) in [6.07, 6.45) is -0.827. The van der Waals surface area contributed by atoms with E-state index in [1.807, 2.05) is 0 Å². The van der Waals surface area contributed by atoms with E-state index in [2.05, 4.69) is 5.29 Å². The number of ether oxygens (including phenoxy) is 1. The van der Waals surface area contributed by atoms with Crippen molar-refractivity contribution in [2.45, 2.75) is 13.2 Å². The minimum Gasteiger partial charge on any atom is -0.436 e. The molecule has 0 amide bonds. The Morgan fingerprint density at radius 1 is 1.44 bits per heavy atom. The van der Waals surface area contributed by atoms with Crippen LogP contribution in [0, 0.1) is 4.91 Å². The third-order valence-corrected chi connectivity index (χ3v) is 2.15. The minimum atomic E-state index is -0.827. The highest BCUT2D eigenvalue weighted by molar-refractivity contribution is 6.30. The second-order valence-electron chi connectivity index (χ2n) is 3.17. The van der Waals surface area contributed by atoms with E-state index in [0.717, 1.165) is 5.01 Å². The van der Waals surface area contributed by atoms with Crippen molar-refractivity contribution in [3.05, 3.63) is 39.8 Å². The molecule has 6 heteroatoms. The first-order chi connectivity index (χ1) is 7.54. The number of halogens is 1. The van der Waals surface area contributed by atoms with Gasteiger partial charge in [0.1, 0.15) is 0 Å². The van der Waals surface area contributed by atoms with Gasteiger partial charge in [0.2, 0.25) is 6.23 Å². The largest absolute Gasteiger partial charge is 0.436 e. The van der Waals surface area contributed by atoms with Crippen molar-refractivity contribution in [2.75, 3.05) is 7.05 Å². The van der Waals surface area contributed by atoms with Gasteiger partial charge >= 0.3 is 5.97 Å². The third kappa shape index (κ3) is 3.20. The average molecular weight is 243 g/mol. The molecule has 16 heavy (non-hydrogen) atoms. The van der Waals surface area contributed by atoms with Gasteiger partial charge in [-0.3, -0.25) is 4.79 Å². The lowest BCUT2D eigenvalue weighted by atomic mass is 10.2. The van der Waals surface area contributed by atoms with E-state index in [1.54, 1.807) is 24.3 Å². The first-order valence-corrected chi connectivity index (χ1v) is 4.91. The van der Waals surface area contributed by atoms with Gasteiger partial charge in [0.25, 0.3) is 0 Å². The molecule has 1 atom stereocenters. The number of carbonyl (C=O) groups excluding carboxylic acids is 1.